The summed E-state index contributed by atoms with van der Waals surface area (Å²) in [5, 5.41) is 0. The van der Waals surface area contributed by atoms with Gasteiger partial charge in [-0.3, -0.25) is 4.79 Å². The smallest absolute Gasteiger partial charge is 0.232 e. The molecule has 0 aromatic heterocycles. The number of carbonyl (C=O) groups is 1. The lowest BCUT2D eigenvalue weighted by molar-refractivity contribution is 0.101. The first-order valence-electron chi connectivity index (χ1n) is 5.53. The molecule has 3 heteroatoms. The van der Waals surface area contributed by atoms with Crippen LogP contribution in [0.25, 0.3) is 6.08 Å². The first-order valence-corrected chi connectivity index (χ1v) is 5.53. The van der Waals surface area contributed by atoms with Crippen LogP contribution in [0.3, 0.4) is 0 Å². The molecule has 0 saturated heterocycles. The highest BCUT2D eigenvalue weighted by Gasteiger charge is 2.27. The number of carbonyl (C=O) groups excluding carboxylic acids is 1. The van der Waals surface area contributed by atoms with Crippen molar-refractivity contribution in [1.29, 1.82) is 0 Å². The van der Waals surface area contributed by atoms with Crippen molar-refractivity contribution in [2.75, 3.05) is 0 Å². The minimum atomic E-state index is -0.438. The summed E-state index contributed by atoms with van der Waals surface area (Å²) in [6, 6.07) is 13.3. The monoisotopic (exact) mass is 240 g/mol. The molecule has 0 spiro atoms. The third-order valence-electron chi connectivity index (χ3n) is 2.73. The van der Waals surface area contributed by atoms with Crippen LogP contribution in [0.5, 0.6) is 5.75 Å². The first kappa shape index (κ1) is 10.7. The molecule has 0 N–H and O–H groups in total. The van der Waals surface area contributed by atoms with E-state index in [1.165, 1.54) is 18.2 Å². The Kier molecular flexibility index (Phi) is 2.45. The number of ketones is 1. The Balaban J connectivity index is 2.00. The molecule has 1 aliphatic rings. The van der Waals surface area contributed by atoms with Crippen molar-refractivity contribution in [1.82, 2.24) is 0 Å². The number of ether oxygens (including phenoxy) is 1. The highest BCUT2D eigenvalue weighted by Crippen LogP contribution is 2.32. The number of halogens is 1. The van der Waals surface area contributed by atoms with Gasteiger partial charge < -0.3 is 4.74 Å². The van der Waals surface area contributed by atoms with E-state index in [4.69, 9.17) is 4.74 Å². The van der Waals surface area contributed by atoms with E-state index in [9.17, 15) is 9.18 Å². The Hall–Kier alpha value is -2.42. The van der Waals surface area contributed by atoms with E-state index >= 15 is 0 Å². The van der Waals surface area contributed by atoms with Crippen molar-refractivity contribution < 1.29 is 13.9 Å². The van der Waals surface area contributed by atoms with Gasteiger partial charge in [-0.15, -0.1) is 0 Å². The molecule has 0 aliphatic carbocycles. The average molecular weight is 240 g/mol. The number of benzene rings is 2. The van der Waals surface area contributed by atoms with E-state index in [2.05, 4.69) is 0 Å². The van der Waals surface area contributed by atoms with Crippen LogP contribution >= 0.6 is 0 Å². The van der Waals surface area contributed by atoms with E-state index in [1.807, 2.05) is 30.3 Å². The van der Waals surface area contributed by atoms with Crippen LogP contribution in [-0.4, -0.2) is 5.78 Å². The van der Waals surface area contributed by atoms with E-state index in [1.54, 1.807) is 6.08 Å². The van der Waals surface area contributed by atoms with Gasteiger partial charge in [0.15, 0.2) is 5.76 Å². The van der Waals surface area contributed by atoms with E-state index < -0.39 is 5.82 Å². The zero-order chi connectivity index (χ0) is 12.5. The third kappa shape index (κ3) is 1.80. The number of rotatable bonds is 1. The molecule has 0 fully saturated rings. The quantitative estimate of drug-likeness (QED) is 0.714. The van der Waals surface area contributed by atoms with Gasteiger partial charge in [-0.1, -0.05) is 30.3 Å². The Morgan fingerprint density at radius 1 is 1.06 bits per heavy atom. The van der Waals surface area contributed by atoms with Crippen molar-refractivity contribution >= 4 is 11.9 Å². The highest BCUT2D eigenvalue weighted by atomic mass is 19.1. The zero-order valence-electron chi connectivity index (χ0n) is 9.39. The van der Waals surface area contributed by atoms with Crippen LogP contribution in [0.1, 0.15) is 15.9 Å². The van der Waals surface area contributed by atoms with Crippen LogP contribution in [-0.2, 0) is 0 Å². The summed E-state index contributed by atoms with van der Waals surface area (Å²) >= 11 is 0. The molecule has 0 bridgehead atoms. The maximum atomic E-state index is 13.1. The number of hydrogen-bond donors (Lipinski definition) is 0. The number of Topliss-reactive ketones (excluding diaryl/α,β-unsaturated/α-hetero) is 1. The summed E-state index contributed by atoms with van der Waals surface area (Å²) in [4.78, 5) is 12.0. The van der Waals surface area contributed by atoms with Crippen LogP contribution in [0.4, 0.5) is 4.39 Å². The van der Waals surface area contributed by atoms with Gasteiger partial charge in [0.05, 0.1) is 5.56 Å². The van der Waals surface area contributed by atoms with Gasteiger partial charge in [-0.25, -0.2) is 4.39 Å². The van der Waals surface area contributed by atoms with Crippen molar-refractivity contribution in [2.45, 2.75) is 0 Å². The van der Waals surface area contributed by atoms with Crippen LogP contribution in [0.2, 0.25) is 0 Å². The molecule has 1 aliphatic heterocycles. The fourth-order valence-corrected chi connectivity index (χ4v) is 1.86. The number of hydrogen-bond acceptors (Lipinski definition) is 2. The average Bonchev–Trinajstić information content (AvgIpc) is 2.68. The van der Waals surface area contributed by atoms with Crippen LogP contribution < -0.4 is 4.74 Å². The SMILES string of the molecule is O=C1C(=Cc2ccccc2)Oc2ccc(F)cc21. The molecule has 2 aromatic carbocycles. The van der Waals surface area contributed by atoms with Crippen molar-refractivity contribution in [3.8, 4) is 5.75 Å². The molecule has 1 heterocycles. The first-order chi connectivity index (χ1) is 8.74. The fourth-order valence-electron chi connectivity index (χ4n) is 1.86. The molecule has 0 atom stereocenters. The maximum Gasteiger partial charge on any atom is 0.232 e. The second-order valence-corrected chi connectivity index (χ2v) is 3.99. The Bertz CT molecular complexity index is 645. The number of allylic oxidation sites excluding steroid dienone is 1. The standard InChI is InChI=1S/C15H9FO2/c16-11-6-7-13-12(9-11)15(17)14(18-13)8-10-4-2-1-3-5-10/h1-9H. The fraction of sp³-hybridized carbons (Fsp3) is 0. The summed E-state index contributed by atoms with van der Waals surface area (Å²) < 4.78 is 18.5. The summed E-state index contributed by atoms with van der Waals surface area (Å²) in [7, 11) is 0. The van der Waals surface area contributed by atoms with Gasteiger partial charge in [-0.2, -0.15) is 0 Å². The van der Waals surface area contributed by atoms with Gasteiger partial charge in [-0.05, 0) is 29.8 Å². The zero-order valence-corrected chi connectivity index (χ0v) is 9.39. The molecule has 0 radical (unpaired) electrons. The molecular weight excluding hydrogens is 231 g/mol. The van der Waals surface area contributed by atoms with Gasteiger partial charge in [0.25, 0.3) is 0 Å². The van der Waals surface area contributed by atoms with Gasteiger partial charge >= 0.3 is 0 Å². The molecule has 2 aromatic rings. The second-order valence-electron chi connectivity index (χ2n) is 3.99. The molecule has 88 valence electrons. The minimum Gasteiger partial charge on any atom is -0.452 e. The molecule has 0 amide bonds. The van der Waals surface area contributed by atoms with Crippen molar-refractivity contribution in [2.24, 2.45) is 0 Å². The van der Waals surface area contributed by atoms with Crippen LogP contribution in [0.15, 0.2) is 54.3 Å². The molecular formula is C15H9FO2. The van der Waals surface area contributed by atoms with Gasteiger partial charge in [0.1, 0.15) is 11.6 Å². The minimum absolute atomic E-state index is 0.224. The topological polar surface area (TPSA) is 26.3 Å². The van der Waals surface area contributed by atoms with E-state index in [-0.39, 0.29) is 17.1 Å². The van der Waals surface area contributed by atoms with Crippen LogP contribution in [0, 0.1) is 5.82 Å². The predicted molar refractivity (Wildman–Crippen MR) is 65.8 cm³/mol. The maximum absolute atomic E-state index is 13.1. The Labute approximate surface area is 103 Å². The summed E-state index contributed by atoms with van der Waals surface area (Å²) in [6.07, 6.45) is 1.65. The normalized spacial score (nSPS) is 15.6. The molecule has 2 nitrogen and oxygen atoms in total. The predicted octanol–water partition coefficient (Wildman–Crippen LogP) is 3.44. The molecule has 3 rings (SSSR count). The summed E-state index contributed by atoms with van der Waals surface area (Å²) in [6.45, 7) is 0. The number of fused-ring (bicyclic) bond motifs is 1. The Morgan fingerprint density at radius 2 is 1.83 bits per heavy atom. The van der Waals surface area contributed by atoms with Crippen molar-refractivity contribution in [3.63, 3.8) is 0 Å². The lowest BCUT2D eigenvalue weighted by Crippen LogP contribution is -1.98. The third-order valence-corrected chi connectivity index (χ3v) is 2.73. The second kappa shape index (κ2) is 4.11. The van der Waals surface area contributed by atoms with E-state index in [0.29, 0.717) is 5.75 Å². The summed E-state index contributed by atoms with van der Waals surface area (Å²) in [5.74, 6) is -0.0922. The highest BCUT2D eigenvalue weighted by molar-refractivity contribution is 6.14. The van der Waals surface area contributed by atoms with Gasteiger partial charge in [0, 0.05) is 0 Å². The lowest BCUT2D eigenvalue weighted by atomic mass is 10.1. The molecule has 18 heavy (non-hydrogen) atoms. The van der Waals surface area contributed by atoms with Gasteiger partial charge in [0.2, 0.25) is 5.78 Å². The molecule has 0 saturated carbocycles. The Morgan fingerprint density at radius 3 is 2.61 bits per heavy atom. The van der Waals surface area contributed by atoms with E-state index in [0.717, 1.165) is 5.56 Å². The van der Waals surface area contributed by atoms with Crippen molar-refractivity contribution in [3.05, 3.63) is 71.2 Å². The molecule has 0 unspecified atom stereocenters. The largest absolute Gasteiger partial charge is 0.452 e. The lowest BCUT2D eigenvalue weighted by Gasteiger charge is -1.97. The summed E-state index contributed by atoms with van der Waals surface area (Å²) in [5.41, 5.74) is 1.14.